The first-order valence-corrected chi connectivity index (χ1v) is 8.17. The quantitative estimate of drug-likeness (QED) is 0.606. The van der Waals surface area contributed by atoms with Crippen LogP contribution in [-0.4, -0.2) is 47.8 Å². The van der Waals surface area contributed by atoms with Gasteiger partial charge in [-0.15, -0.1) is 0 Å². The monoisotopic (exact) mass is 270 g/mol. The van der Waals surface area contributed by atoms with Gasteiger partial charge in [-0.3, -0.25) is 0 Å². The Kier molecular flexibility index (Phi) is 7.33. The van der Waals surface area contributed by atoms with Gasteiger partial charge >= 0.3 is 0 Å². The summed E-state index contributed by atoms with van der Waals surface area (Å²) in [5.41, 5.74) is -0.0947. The largest absolute Gasteiger partial charge is 0.394 e. The van der Waals surface area contributed by atoms with Crippen molar-refractivity contribution in [3.63, 3.8) is 0 Å². The summed E-state index contributed by atoms with van der Waals surface area (Å²) in [7, 11) is 0. The minimum Gasteiger partial charge on any atom is -0.394 e. The van der Waals surface area contributed by atoms with E-state index in [9.17, 15) is 5.11 Å². The Morgan fingerprint density at radius 2 is 1.89 bits per heavy atom. The number of rotatable bonds is 11. The van der Waals surface area contributed by atoms with Gasteiger partial charge in [-0.25, -0.2) is 0 Å². The van der Waals surface area contributed by atoms with Gasteiger partial charge in [0.15, 0.2) is 0 Å². The van der Waals surface area contributed by atoms with Crippen LogP contribution in [0.3, 0.4) is 0 Å². The molecule has 3 nitrogen and oxygen atoms in total. The molecule has 3 heteroatoms. The van der Waals surface area contributed by atoms with Gasteiger partial charge in [-0.2, -0.15) is 0 Å². The third kappa shape index (κ3) is 6.24. The summed E-state index contributed by atoms with van der Waals surface area (Å²) in [5, 5.41) is 13.2. The fourth-order valence-corrected chi connectivity index (χ4v) is 2.61. The molecule has 1 aliphatic rings. The zero-order valence-corrected chi connectivity index (χ0v) is 13.4. The van der Waals surface area contributed by atoms with Crippen molar-refractivity contribution in [3.8, 4) is 0 Å². The minimum atomic E-state index is -0.0947. The Bertz CT molecular complexity index is 239. The third-order valence-corrected chi connectivity index (χ3v) is 4.58. The molecular formula is C16H34N2O. The molecule has 0 aromatic rings. The molecule has 1 fully saturated rings. The first kappa shape index (κ1) is 16.9. The molecule has 1 aliphatic carbocycles. The Morgan fingerprint density at radius 1 is 1.26 bits per heavy atom. The summed E-state index contributed by atoms with van der Waals surface area (Å²) in [6.07, 6.45) is 6.13. The SMILES string of the molecule is CCC(CC)CN(CC)CCC(C)(CO)NC1CC1. The Labute approximate surface area is 119 Å². The lowest BCUT2D eigenvalue weighted by Crippen LogP contribution is -2.49. The molecule has 114 valence electrons. The molecule has 0 heterocycles. The molecule has 1 atom stereocenters. The van der Waals surface area contributed by atoms with Gasteiger partial charge in [-0.05, 0) is 45.2 Å². The third-order valence-electron chi connectivity index (χ3n) is 4.58. The van der Waals surface area contributed by atoms with Crippen molar-refractivity contribution in [1.82, 2.24) is 10.2 Å². The molecule has 0 radical (unpaired) electrons. The van der Waals surface area contributed by atoms with E-state index >= 15 is 0 Å². The van der Waals surface area contributed by atoms with Crippen molar-refractivity contribution in [1.29, 1.82) is 0 Å². The first-order valence-electron chi connectivity index (χ1n) is 8.17. The molecule has 1 saturated carbocycles. The van der Waals surface area contributed by atoms with Crippen LogP contribution >= 0.6 is 0 Å². The van der Waals surface area contributed by atoms with Gasteiger partial charge in [0.1, 0.15) is 0 Å². The average molecular weight is 270 g/mol. The van der Waals surface area contributed by atoms with Crippen LogP contribution in [0.15, 0.2) is 0 Å². The summed E-state index contributed by atoms with van der Waals surface area (Å²) in [4.78, 5) is 2.54. The molecule has 2 N–H and O–H groups in total. The molecule has 0 saturated heterocycles. The van der Waals surface area contributed by atoms with Gasteiger partial charge < -0.3 is 15.3 Å². The summed E-state index contributed by atoms with van der Waals surface area (Å²) >= 11 is 0. The lowest BCUT2D eigenvalue weighted by molar-refractivity contribution is 0.138. The maximum atomic E-state index is 9.64. The topological polar surface area (TPSA) is 35.5 Å². The Hall–Kier alpha value is -0.120. The summed E-state index contributed by atoms with van der Waals surface area (Å²) < 4.78 is 0. The normalized spacial score (nSPS) is 19.1. The van der Waals surface area contributed by atoms with E-state index in [-0.39, 0.29) is 12.1 Å². The van der Waals surface area contributed by atoms with Crippen LogP contribution in [-0.2, 0) is 0 Å². The lowest BCUT2D eigenvalue weighted by atomic mass is 9.97. The molecule has 0 amide bonds. The van der Waals surface area contributed by atoms with Crippen LogP contribution in [0.2, 0.25) is 0 Å². The van der Waals surface area contributed by atoms with Gasteiger partial charge in [0.05, 0.1) is 6.61 Å². The van der Waals surface area contributed by atoms with Gasteiger partial charge in [0.2, 0.25) is 0 Å². The molecule has 0 aromatic carbocycles. The average Bonchev–Trinajstić information content (AvgIpc) is 3.23. The number of aliphatic hydroxyl groups excluding tert-OH is 1. The van der Waals surface area contributed by atoms with Crippen LogP contribution in [0.4, 0.5) is 0 Å². The summed E-state index contributed by atoms with van der Waals surface area (Å²) in [6.45, 7) is 12.6. The number of nitrogens with zero attached hydrogens (tertiary/aromatic N) is 1. The summed E-state index contributed by atoms with van der Waals surface area (Å²) in [5.74, 6) is 0.816. The number of nitrogens with one attached hydrogen (secondary N) is 1. The van der Waals surface area contributed by atoms with Crippen molar-refractivity contribution in [2.75, 3.05) is 26.2 Å². The molecule has 19 heavy (non-hydrogen) atoms. The predicted molar refractivity (Wildman–Crippen MR) is 82.5 cm³/mol. The second-order valence-electron chi connectivity index (χ2n) is 6.46. The van der Waals surface area contributed by atoms with E-state index in [0.29, 0.717) is 6.04 Å². The van der Waals surface area contributed by atoms with E-state index in [1.165, 1.54) is 32.2 Å². The van der Waals surface area contributed by atoms with E-state index in [1.54, 1.807) is 0 Å². The zero-order chi connectivity index (χ0) is 14.3. The fourth-order valence-electron chi connectivity index (χ4n) is 2.61. The Balaban J connectivity index is 2.36. The highest BCUT2D eigenvalue weighted by Crippen LogP contribution is 2.24. The van der Waals surface area contributed by atoms with E-state index in [1.807, 2.05) is 0 Å². The minimum absolute atomic E-state index is 0.0947. The summed E-state index contributed by atoms with van der Waals surface area (Å²) in [6, 6.07) is 0.659. The smallest absolute Gasteiger partial charge is 0.0611 e. The molecule has 1 rings (SSSR count). The van der Waals surface area contributed by atoms with Crippen molar-refractivity contribution in [2.45, 2.75) is 71.4 Å². The second kappa shape index (κ2) is 8.23. The molecule has 0 bridgehead atoms. The van der Waals surface area contributed by atoms with Crippen molar-refractivity contribution < 1.29 is 5.11 Å². The number of aliphatic hydroxyl groups is 1. The Morgan fingerprint density at radius 3 is 2.32 bits per heavy atom. The van der Waals surface area contributed by atoms with Crippen LogP contribution in [0.1, 0.15) is 59.8 Å². The van der Waals surface area contributed by atoms with Crippen LogP contribution in [0, 0.1) is 5.92 Å². The van der Waals surface area contributed by atoms with E-state index < -0.39 is 0 Å². The van der Waals surface area contributed by atoms with Crippen LogP contribution in [0.25, 0.3) is 0 Å². The fraction of sp³-hybridized carbons (Fsp3) is 1.00. The van der Waals surface area contributed by atoms with E-state index in [0.717, 1.165) is 25.4 Å². The maximum Gasteiger partial charge on any atom is 0.0611 e. The maximum absolute atomic E-state index is 9.64. The van der Waals surface area contributed by atoms with Crippen molar-refractivity contribution in [2.24, 2.45) is 5.92 Å². The highest BCUT2D eigenvalue weighted by molar-refractivity contribution is 4.92. The lowest BCUT2D eigenvalue weighted by Gasteiger charge is -2.33. The van der Waals surface area contributed by atoms with E-state index in [2.05, 4.69) is 37.9 Å². The number of hydrogen-bond donors (Lipinski definition) is 2. The van der Waals surface area contributed by atoms with Crippen LogP contribution < -0.4 is 5.32 Å². The standard InChI is InChI=1S/C16H34N2O/c1-5-14(6-2)12-18(7-3)11-10-16(4,13-19)17-15-8-9-15/h14-15,17,19H,5-13H2,1-4H3. The van der Waals surface area contributed by atoms with Gasteiger partial charge in [0, 0.05) is 18.1 Å². The molecular weight excluding hydrogens is 236 g/mol. The van der Waals surface area contributed by atoms with Gasteiger partial charge in [0.25, 0.3) is 0 Å². The number of hydrogen-bond acceptors (Lipinski definition) is 3. The van der Waals surface area contributed by atoms with Crippen molar-refractivity contribution in [3.05, 3.63) is 0 Å². The molecule has 0 aliphatic heterocycles. The van der Waals surface area contributed by atoms with Gasteiger partial charge in [-0.1, -0.05) is 33.6 Å². The van der Waals surface area contributed by atoms with Crippen LogP contribution in [0.5, 0.6) is 0 Å². The molecule has 0 aromatic heterocycles. The second-order valence-corrected chi connectivity index (χ2v) is 6.46. The first-order chi connectivity index (χ1) is 9.06. The highest BCUT2D eigenvalue weighted by atomic mass is 16.3. The predicted octanol–water partition coefficient (Wildman–Crippen LogP) is 2.64. The zero-order valence-electron chi connectivity index (χ0n) is 13.4. The van der Waals surface area contributed by atoms with Crippen molar-refractivity contribution >= 4 is 0 Å². The van der Waals surface area contributed by atoms with E-state index in [4.69, 9.17) is 0 Å². The molecule has 1 unspecified atom stereocenters. The molecule has 0 spiro atoms. The highest BCUT2D eigenvalue weighted by Gasteiger charge is 2.32.